The monoisotopic (exact) mass is 314 g/mol. The van der Waals surface area contributed by atoms with Crippen molar-refractivity contribution in [2.24, 2.45) is 0 Å². The molecule has 0 radical (unpaired) electrons. The Morgan fingerprint density at radius 1 is 1.22 bits per heavy atom. The molecular weight excluding hydrogens is 288 g/mol. The maximum atomic E-state index is 10.2. The summed E-state index contributed by atoms with van der Waals surface area (Å²) in [7, 11) is 2.00. The zero-order valence-corrected chi connectivity index (χ0v) is 14.4. The van der Waals surface area contributed by atoms with E-state index in [0.29, 0.717) is 6.54 Å². The predicted octanol–water partition coefficient (Wildman–Crippen LogP) is 3.13. The molecule has 1 heterocycles. The first-order chi connectivity index (χ1) is 11.0. The molecule has 0 saturated carbocycles. The minimum atomic E-state index is -0.542. The highest BCUT2D eigenvalue weighted by atomic mass is 16.5. The third kappa shape index (κ3) is 5.34. The molecule has 2 aromatic rings. The smallest absolute Gasteiger partial charge is 0.119 e. The number of nitrogens with zero attached hydrogens (tertiary/aromatic N) is 2. The van der Waals surface area contributed by atoms with Crippen LogP contribution in [0.15, 0.2) is 42.7 Å². The third-order valence-electron chi connectivity index (χ3n) is 3.96. The lowest BCUT2D eigenvalue weighted by atomic mass is 10.1. The summed E-state index contributed by atoms with van der Waals surface area (Å²) in [6.07, 6.45) is 3.09. The Hall–Kier alpha value is -1.91. The lowest BCUT2D eigenvalue weighted by Crippen LogP contribution is -2.34. The summed E-state index contributed by atoms with van der Waals surface area (Å²) in [6, 6.07) is 10.3. The van der Waals surface area contributed by atoms with Crippen LogP contribution in [-0.4, -0.2) is 41.3 Å². The van der Waals surface area contributed by atoms with Crippen LogP contribution >= 0.6 is 0 Å². The number of hydrogen-bond donors (Lipinski definition) is 1. The number of aliphatic hydroxyl groups is 1. The van der Waals surface area contributed by atoms with Gasteiger partial charge >= 0.3 is 0 Å². The van der Waals surface area contributed by atoms with Crippen LogP contribution in [0.3, 0.4) is 0 Å². The van der Waals surface area contributed by atoms with Crippen molar-refractivity contribution < 1.29 is 9.84 Å². The maximum Gasteiger partial charge on any atom is 0.119 e. The van der Waals surface area contributed by atoms with Crippen LogP contribution in [0.2, 0.25) is 0 Å². The summed E-state index contributed by atoms with van der Waals surface area (Å²) < 4.78 is 5.73. The van der Waals surface area contributed by atoms with E-state index < -0.39 is 6.10 Å². The molecule has 0 spiro atoms. The first-order valence-corrected chi connectivity index (χ1v) is 7.95. The number of pyridine rings is 1. The molecule has 2 unspecified atom stereocenters. The van der Waals surface area contributed by atoms with Gasteiger partial charge < -0.3 is 9.84 Å². The fraction of sp³-hybridized carbons (Fsp3) is 0.421. The molecular formula is C19H26N2O2. The van der Waals surface area contributed by atoms with Gasteiger partial charge in [0.2, 0.25) is 0 Å². The van der Waals surface area contributed by atoms with Crippen LogP contribution in [0.5, 0.6) is 5.75 Å². The van der Waals surface area contributed by atoms with Crippen molar-refractivity contribution in [1.82, 2.24) is 9.88 Å². The molecule has 1 N–H and O–H groups in total. The second kappa shape index (κ2) is 8.09. The van der Waals surface area contributed by atoms with Crippen LogP contribution < -0.4 is 4.74 Å². The van der Waals surface area contributed by atoms with Crippen LogP contribution in [0.4, 0.5) is 0 Å². The van der Waals surface area contributed by atoms with E-state index in [2.05, 4.69) is 22.9 Å². The zero-order valence-electron chi connectivity index (χ0n) is 14.4. The molecule has 1 aromatic carbocycles. The SMILES string of the molecule is Cc1cc(C)cc(OCC(O)CN(C)C(C)c2cccnc2)c1. The molecule has 4 heteroatoms. The molecule has 0 fully saturated rings. The molecule has 2 atom stereocenters. The summed E-state index contributed by atoms with van der Waals surface area (Å²) in [6.45, 7) is 7.02. The minimum absolute atomic E-state index is 0.194. The Labute approximate surface area is 138 Å². The molecule has 0 amide bonds. The predicted molar refractivity (Wildman–Crippen MR) is 92.7 cm³/mol. The molecule has 0 aliphatic rings. The largest absolute Gasteiger partial charge is 0.491 e. The molecule has 23 heavy (non-hydrogen) atoms. The van der Waals surface area contributed by atoms with Gasteiger partial charge in [-0.15, -0.1) is 0 Å². The molecule has 0 bridgehead atoms. The van der Waals surface area contributed by atoms with E-state index in [9.17, 15) is 5.11 Å². The van der Waals surface area contributed by atoms with Gasteiger partial charge in [0, 0.05) is 25.0 Å². The van der Waals surface area contributed by atoms with Gasteiger partial charge in [-0.1, -0.05) is 12.1 Å². The van der Waals surface area contributed by atoms with Crippen molar-refractivity contribution in [3.63, 3.8) is 0 Å². The third-order valence-corrected chi connectivity index (χ3v) is 3.96. The Balaban J connectivity index is 1.85. The van der Waals surface area contributed by atoms with E-state index in [1.54, 1.807) is 6.20 Å². The fourth-order valence-corrected chi connectivity index (χ4v) is 2.63. The number of likely N-dealkylation sites (N-methyl/N-ethyl adjacent to an activating group) is 1. The first-order valence-electron chi connectivity index (χ1n) is 7.95. The Morgan fingerprint density at radius 3 is 2.52 bits per heavy atom. The maximum absolute atomic E-state index is 10.2. The minimum Gasteiger partial charge on any atom is -0.491 e. The molecule has 4 nitrogen and oxygen atoms in total. The van der Waals surface area contributed by atoms with Gasteiger partial charge in [-0.05, 0) is 62.7 Å². The number of hydrogen-bond acceptors (Lipinski definition) is 4. The summed E-state index contributed by atoms with van der Waals surface area (Å²) in [5.74, 6) is 0.810. The topological polar surface area (TPSA) is 45.6 Å². The van der Waals surface area contributed by atoms with Gasteiger partial charge in [0.1, 0.15) is 18.5 Å². The van der Waals surface area contributed by atoms with Gasteiger partial charge in [-0.25, -0.2) is 0 Å². The van der Waals surface area contributed by atoms with Gasteiger partial charge in [0.15, 0.2) is 0 Å². The lowest BCUT2D eigenvalue weighted by molar-refractivity contribution is 0.0653. The summed E-state index contributed by atoms with van der Waals surface area (Å²) in [5, 5.41) is 10.2. The average Bonchev–Trinajstić information content (AvgIpc) is 2.52. The van der Waals surface area contributed by atoms with E-state index in [0.717, 1.165) is 22.4 Å². The number of aryl methyl sites for hydroxylation is 2. The van der Waals surface area contributed by atoms with Crippen molar-refractivity contribution in [3.8, 4) is 5.75 Å². The standard InChI is InChI=1S/C19H26N2O2/c1-14-8-15(2)10-19(9-14)23-13-18(22)12-21(4)16(3)17-6-5-7-20-11-17/h5-11,16,18,22H,12-13H2,1-4H3. The first kappa shape index (κ1) is 17.4. The number of aliphatic hydroxyl groups excluding tert-OH is 1. The van der Waals surface area contributed by atoms with Gasteiger partial charge in [-0.2, -0.15) is 0 Å². The van der Waals surface area contributed by atoms with E-state index in [4.69, 9.17) is 4.74 Å². The Kier molecular flexibility index (Phi) is 6.13. The summed E-state index contributed by atoms with van der Waals surface area (Å²) in [4.78, 5) is 6.25. The second-order valence-electron chi connectivity index (χ2n) is 6.19. The number of aromatic nitrogens is 1. The average molecular weight is 314 g/mol. The van der Waals surface area contributed by atoms with Crippen molar-refractivity contribution in [3.05, 3.63) is 59.4 Å². The van der Waals surface area contributed by atoms with Crippen molar-refractivity contribution in [1.29, 1.82) is 0 Å². The Morgan fingerprint density at radius 2 is 1.91 bits per heavy atom. The normalized spacial score (nSPS) is 13.8. The highest BCUT2D eigenvalue weighted by Crippen LogP contribution is 2.19. The van der Waals surface area contributed by atoms with Gasteiger partial charge in [0.25, 0.3) is 0 Å². The molecule has 2 rings (SSSR count). The summed E-state index contributed by atoms with van der Waals surface area (Å²) in [5.41, 5.74) is 3.46. The lowest BCUT2D eigenvalue weighted by Gasteiger charge is -2.27. The molecule has 1 aromatic heterocycles. The molecule has 124 valence electrons. The fourth-order valence-electron chi connectivity index (χ4n) is 2.63. The van der Waals surface area contributed by atoms with Crippen LogP contribution in [0.1, 0.15) is 29.7 Å². The summed E-state index contributed by atoms with van der Waals surface area (Å²) >= 11 is 0. The van der Waals surface area contributed by atoms with Crippen LogP contribution in [0, 0.1) is 13.8 Å². The van der Waals surface area contributed by atoms with E-state index in [1.165, 1.54) is 0 Å². The number of benzene rings is 1. The van der Waals surface area contributed by atoms with Crippen molar-refractivity contribution in [2.75, 3.05) is 20.2 Å². The van der Waals surface area contributed by atoms with Gasteiger partial charge in [0.05, 0.1) is 0 Å². The number of rotatable bonds is 7. The van der Waals surface area contributed by atoms with E-state index >= 15 is 0 Å². The van der Waals surface area contributed by atoms with Crippen LogP contribution in [-0.2, 0) is 0 Å². The highest BCUT2D eigenvalue weighted by Gasteiger charge is 2.16. The van der Waals surface area contributed by atoms with Crippen LogP contribution in [0.25, 0.3) is 0 Å². The van der Waals surface area contributed by atoms with Gasteiger partial charge in [-0.3, -0.25) is 9.88 Å². The molecule has 0 saturated heterocycles. The molecule has 0 aliphatic carbocycles. The Bertz CT molecular complexity index is 596. The highest BCUT2D eigenvalue weighted by molar-refractivity contribution is 5.33. The van der Waals surface area contributed by atoms with Crippen molar-refractivity contribution >= 4 is 0 Å². The quantitative estimate of drug-likeness (QED) is 0.853. The second-order valence-corrected chi connectivity index (χ2v) is 6.19. The zero-order chi connectivity index (χ0) is 16.8. The van der Waals surface area contributed by atoms with Crippen molar-refractivity contribution in [2.45, 2.75) is 32.9 Å². The number of ether oxygens (including phenoxy) is 1. The van der Waals surface area contributed by atoms with E-state index in [1.807, 2.05) is 51.4 Å². The molecule has 0 aliphatic heterocycles. The van der Waals surface area contributed by atoms with E-state index in [-0.39, 0.29) is 12.6 Å².